The monoisotopic (exact) mass is 319 g/mol. The predicted octanol–water partition coefficient (Wildman–Crippen LogP) is 7.19. The summed E-state index contributed by atoms with van der Waals surface area (Å²) in [6, 6.07) is 21.6. The minimum atomic E-state index is 0.566. The van der Waals surface area contributed by atoms with E-state index in [1.54, 1.807) is 0 Å². The Balaban J connectivity index is 2.01. The highest BCUT2D eigenvalue weighted by molar-refractivity contribution is 5.26. The van der Waals surface area contributed by atoms with Crippen molar-refractivity contribution in [3.8, 4) is 0 Å². The van der Waals surface area contributed by atoms with E-state index >= 15 is 0 Å². The van der Waals surface area contributed by atoms with Gasteiger partial charge in [0, 0.05) is 0 Å². The summed E-state index contributed by atoms with van der Waals surface area (Å²) in [6.07, 6.45) is 12.0. The number of benzene rings is 2. The zero-order valence-corrected chi connectivity index (χ0v) is 15.0. The van der Waals surface area contributed by atoms with Gasteiger partial charge in [-0.15, -0.1) is 18.7 Å². The summed E-state index contributed by atoms with van der Waals surface area (Å²) in [5, 5.41) is 0. The van der Waals surface area contributed by atoms with Gasteiger partial charge in [-0.3, -0.25) is 0 Å². The van der Waals surface area contributed by atoms with Gasteiger partial charge in [0.05, 0.1) is 0 Å². The Morgan fingerprint density at radius 3 is 2.25 bits per heavy atom. The van der Waals surface area contributed by atoms with Gasteiger partial charge in [-0.05, 0) is 30.2 Å². The van der Waals surface area contributed by atoms with Crippen LogP contribution in [0, 0.1) is 12.3 Å². The van der Waals surface area contributed by atoms with Crippen molar-refractivity contribution in [1.82, 2.24) is 0 Å². The molecular weight excluding hydrogens is 288 g/mol. The van der Waals surface area contributed by atoms with Crippen LogP contribution in [0.3, 0.4) is 0 Å². The van der Waals surface area contributed by atoms with Crippen LogP contribution in [0.15, 0.2) is 73.3 Å². The maximum absolute atomic E-state index is 4.09. The topological polar surface area (TPSA) is 0 Å². The van der Waals surface area contributed by atoms with E-state index in [-0.39, 0.29) is 0 Å². The van der Waals surface area contributed by atoms with Gasteiger partial charge in [-0.1, -0.05) is 75.1 Å². The summed E-state index contributed by atoms with van der Waals surface area (Å²) >= 11 is 0. The normalized spacial score (nSPS) is 13.2. The fourth-order valence-electron chi connectivity index (χ4n) is 3.31. The van der Waals surface area contributed by atoms with Gasteiger partial charge in [0.15, 0.2) is 0 Å². The molecule has 0 aromatic heterocycles. The lowest BCUT2D eigenvalue weighted by Crippen LogP contribution is -2.07. The van der Waals surface area contributed by atoms with Crippen molar-refractivity contribution in [2.24, 2.45) is 5.92 Å². The highest BCUT2D eigenvalue weighted by atomic mass is 14.2. The van der Waals surface area contributed by atoms with E-state index in [0.717, 1.165) is 6.42 Å². The summed E-state index contributed by atoms with van der Waals surface area (Å²) < 4.78 is 0. The number of hydrogen-bond donors (Lipinski definition) is 0. The standard InChI is InChI=1S/C24H31/c1-3-5-8-13-21(4-2)20-24(23-16-11-7-12-17-23)19-18-22-14-9-6-10-15-22/h4,6-7,9-12,14-18,21,24H,2-3,5,8,13,19-20H2,1H3/q-1. The number of hydrogen-bond acceptors (Lipinski definition) is 0. The molecule has 2 rings (SSSR count). The lowest BCUT2D eigenvalue weighted by molar-refractivity contribution is 0.456. The van der Waals surface area contributed by atoms with Crippen LogP contribution < -0.4 is 0 Å². The smallest absolute Gasteiger partial charge is 0.0226 e. The first-order chi connectivity index (χ1) is 11.8. The quantitative estimate of drug-likeness (QED) is 0.234. The van der Waals surface area contributed by atoms with Gasteiger partial charge in [0.2, 0.25) is 0 Å². The molecule has 0 heterocycles. The van der Waals surface area contributed by atoms with E-state index in [1.165, 1.54) is 43.2 Å². The third kappa shape index (κ3) is 6.28. The van der Waals surface area contributed by atoms with Crippen LogP contribution in [0.4, 0.5) is 0 Å². The Bertz CT molecular complexity index is 555. The van der Waals surface area contributed by atoms with Crippen molar-refractivity contribution in [3.63, 3.8) is 0 Å². The van der Waals surface area contributed by atoms with Crippen LogP contribution in [0.5, 0.6) is 0 Å². The Morgan fingerprint density at radius 2 is 1.62 bits per heavy atom. The van der Waals surface area contributed by atoms with Gasteiger partial charge in [0.1, 0.15) is 0 Å². The minimum absolute atomic E-state index is 0.566. The van der Waals surface area contributed by atoms with Crippen molar-refractivity contribution in [1.29, 1.82) is 0 Å². The Hall–Kier alpha value is -1.95. The van der Waals surface area contributed by atoms with Crippen LogP contribution in [0.1, 0.15) is 62.5 Å². The highest BCUT2D eigenvalue weighted by Crippen LogP contribution is 2.31. The predicted molar refractivity (Wildman–Crippen MR) is 106 cm³/mol. The molecule has 2 unspecified atom stereocenters. The Morgan fingerprint density at radius 1 is 0.958 bits per heavy atom. The summed E-state index contributed by atoms with van der Waals surface area (Å²) in [7, 11) is 0. The van der Waals surface area contributed by atoms with Crippen molar-refractivity contribution < 1.29 is 0 Å². The average Bonchev–Trinajstić information content (AvgIpc) is 2.65. The minimum Gasteiger partial charge on any atom is -0.192 e. The second-order valence-corrected chi connectivity index (χ2v) is 6.69. The molecule has 0 aliphatic carbocycles. The molecule has 0 aliphatic rings. The summed E-state index contributed by atoms with van der Waals surface area (Å²) in [5.74, 6) is 1.18. The Labute approximate surface area is 148 Å². The van der Waals surface area contributed by atoms with Gasteiger partial charge in [0.25, 0.3) is 0 Å². The molecule has 0 aliphatic heterocycles. The second kappa shape index (κ2) is 10.8. The molecular formula is C24H31-. The molecule has 0 saturated heterocycles. The first-order valence-electron chi connectivity index (χ1n) is 9.39. The molecule has 0 N–H and O–H groups in total. The third-order valence-electron chi connectivity index (χ3n) is 4.81. The molecule has 0 bridgehead atoms. The fraction of sp³-hybridized carbons (Fsp3) is 0.375. The maximum Gasteiger partial charge on any atom is -0.0226 e. The molecule has 0 spiro atoms. The maximum atomic E-state index is 4.09. The molecule has 2 aromatic rings. The largest absolute Gasteiger partial charge is 0.192 e. The summed E-state index contributed by atoms with van der Waals surface area (Å²) in [4.78, 5) is 0. The number of rotatable bonds is 11. The summed E-state index contributed by atoms with van der Waals surface area (Å²) in [6.45, 7) is 6.36. The van der Waals surface area contributed by atoms with Gasteiger partial charge in [-0.25, -0.2) is 0 Å². The first-order valence-corrected chi connectivity index (χ1v) is 9.39. The van der Waals surface area contributed by atoms with Crippen molar-refractivity contribution >= 4 is 0 Å². The van der Waals surface area contributed by atoms with Crippen LogP contribution in [-0.4, -0.2) is 0 Å². The third-order valence-corrected chi connectivity index (χ3v) is 4.81. The van der Waals surface area contributed by atoms with Gasteiger partial charge >= 0.3 is 0 Å². The van der Waals surface area contributed by atoms with Crippen LogP contribution in [0.25, 0.3) is 0 Å². The molecule has 0 heteroatoms. The Kier molecular flexibility index (Phi) is 8.24. The van der Waals surface area contributed by atoms with E-state index in [2.05, 4.69) is 86.7 Å². The van der Waals surface area contributed by atoms with E-state index < -0.39 is 0 Å². The van der Waals surface area contributed by atoms with Crippen LogP contribution in [-0.2, 0) is 0 Å². The van der Waals surface area contributed by atoms with E-state index in [9.17, 15) is 0 Å². The molecule has 0 saturated carbocycles. The first kappa shape index (κ1) is 18.4. The molecule has 128 valence electrons. The van der Waals surface area contributed by atoms with Gasteiger partial charge < -0.3 is 0 Å². The van der Waals surface area contributed by atoms with E-state index in [4.69, 9.17) is 0 Å². The molecule has 0 nitrogen and oxygen atoms in total. The molecule has 0 radical (unpaired) electrons. The highest BCUT2D eigenvalue weighted by Gasteiger charge is 2.15. The zero-order chi connectivity index (χ0) is 17.0. The van der Waals surface area contributed by atoms with Crippen LogP contribution in [0.2, 0.25) is 0 Å². The molecule has 2 aromatic carbocycles. The second-order valence-electron chi connectivity index (χ2n) is 6.69. The molecule has 0 amide bonds. The van der Waals surface area contributed by atoms with Gasteiger partial charge in [-0.2, -0.15) is 24.1 Å². The average molecular weight is 320 g/mol. The van der Waals surface area contributed by atoms with E-state index in [0.29, 0.717) is 11.8 Å². The fourth-order valence-corrected chi connectivity index (χ4v) is 3.31. The molecule has 0 fully saturated rings. The lowest BCUT2D eigenvalue weighted by Gasteiger charge is -2.24. The molecule has 24 heavy (non-hydrogen) atoms. The number of allylic oxidation sites excluding steroid dienone is 1. The molecule has 2 atom stereocenters. The number of unbranched alkanes of at least 4 members (excludes halogenated alkanes) is 2. The van der Waals surface area contributed by atoms with Crippen LogP contribution >= 0.6 is 0 Å². The lowest BCUT2D eigenvalue weighted by atomic mass is 9.83. The summed E-state index contributed by atoms with van der Waals surface area (Å²) in [5.41, 5.74) is 2.77. The van der Waals surface area contributed by atoms with Crippen molar-refractivity contribution in [2.75, 3.05) is 0 Å². The SMILES string of the molecule is C=CC(CCCCC)CC(C[CH-]c1ccccc1)c1ccccc1. The van der Waals surface area contributed by atoms with Crippen molar-refractivity contribution in [2.45, 2.75) is 51.4 Å². The van der Waals surface area contributed by atoms with E-state index in [1.807, 2.05) is 0 Å². The zero-order valence-electron chi connectivity index (χ0n) is 15.0. The van der Waals surface area contributed by atoms with Crippen molar-refractivity contribution in [3.05, 3.63) is 90.9 Å².